The quantitative estimate of drug-likeness (QED) is 0.476. The summed E-state index contributed by atoms with van der Waals surface area (Å²) in [4.78, 5) is 18.9. The highest BCUT2D eigenvalue weighted by atomic mass is 16.1. The first kappa shape index (κ1) is 22.6. The van der Waals surface area contributed by atoms with Gasteiger partial charge in [-0.05, 0) is 102 Å². The summed E-state index contributed by atoms with van der Waals surface area (Å²) in [5, 5.41) is 3.16. The smallest absolute Gasteiger partial charge is 0.251 e. The molecule has 182 valence electrons. The summed E-state index contributed by atoms with van der Waals surface area (Å²) in [6.07, 6.45) is 9.93. The zero-order chi connectivity index (χ0) is 24.0. The van der Waals surface area contributed by atoms with Crippen LogP contribution >= 0.6 is 0 Å². The molecule has 2 bridgehead atoms. The zero-order valence-electron chi connectivity index (χ0n) is 21.0. The summed E-state index contributed by atoms with van der Waals surface area (Å²) < 4.78 is 0. The van der Waals surface area contributed by atoms with E-state index in [0.29, 0.717) is 18.5 Å². The number of hydrogen-bond donors (Lipinski definition) is 2. The normalized spacial score (nSPS) is 25.8. The Hall–Kier alpha value is -2.85. The van der Waals surface area contributed by atoms with E-state index >= 15 is 0 Å². The fourth-order valence-electron chi connectivity index (χ4n) is 6.50. The van der Waals surface area contributed by atoms with Crippen molar-refractivity contribution in [2.75, 3.05) is 19.6 Å². The lowest BCUT2D eigenvalue weighted by Gasteiger charge is -2.55. The van der Waals surface area contributed by atoms with Gasteiger partial charge in [-0.2, -0.15) is 0 Å². The third-order valence-corrected chi connectivity index (χ3v) is 9.16. The van der Waals surface area contributed by atoms with Gasteiger partial charge < -0.3 is 10.3 Å². The van der Waals surface area contributed by atoms with Gasteiger partial charge in [0.1, 0.15) is 0 Å². The molecule has 1 saturated heterocycles. The largest absolute Gasteiger partial charge is 0.367 e. The fraction of sp³-hybridized carbons (Fsp3) is 0.452. The van der Waals surface area contributed by atoms with Crippen LogP contribution in [0.4, 0.5) is 0 Å². The van der Waals surface area contributed by atoms with Gasteiger partial charge >= 0.3 is 0 Å². The molecule has 3 aromatic rings. The van der Waals surface area contributed by atoms with Crippen LogP contribution in [-0.2, 0) is 18.3 Å². The van der Waals surface area contributed by atoms with Crippen molar-refractivity contribution in [3.05, 3.63) is 83.2 Å². The maximum atomic E-state index is 13.0. The minimum atomic E-state index is 0.0429. The lowest BCUT2D eigenvalue weighted by Crippen LogP contribution is -2.58. The van der Waals surface area contributed by atoms with Gasteiger partial charge in [0.05, 0.1) is 0 Å². The van der Waals surface area contributed by atoms with E-state index in [9.17, 15) is 4.79 Å². The van der Waals surface area contributed by atoms with Crippen LogP contribution in [0.15, 0.2) is 60.9 Å². The molecule has 4 heteroatoms. The Labute approximate surface area is 209 Å². The Morgan fingerprint density at radius 2 is 1.94 bits per heavy atom. The number of likely N-dealkylation sites (tertiary alicyclic amines) is 1. The highest BCUT2D eigenvalue weighted by molar-refractivity contribution is 5.94. The van der Waals surface area contributed by atoms with Crippen molar-refractivity contribution in [1.29, 1.82) is 0 Å². The third kappa shape index (κ3) is 4.33. The van der Waals surface area contributed by atoms with E-state index in [1.54, 1.807) is 0 Å². The molecule has 0 spiro atoms. The molecule has 0 unspecified atom stereocenters. The van der Waals surface area contributed by atoms with Crippen LogP contribution in [-0.4, -0.2) is 41.5 Å². The first-order valence-electron chi connectivity index (χ1n) is 13.4. The highest BCUT2D eigenvalue weighted by Crippen LogP contribution is 2.49. The fourth-order valence-corrected chi connectivity index (χ4v) is 6.50. The van der Waals surface area contributed by atoms with Crippen molar-refractivity contribution in [1.82, 2.24) is 15.2 Å². The lowest BCUT2D eigenvalue weighted by atomic mass is 9.59. The van der Waals surface area contributed by atoms with Crippen molar-refractivity contribution >= 4 is 5.91 Å². The number of rotatable bonds is 7. The summed E-state index contributed by atoms with van der Waals surface area (Å²) >= 11 is 0. The van der Waals surface area contributed by atoms with Crippen LogP contribution in [0.5, 0.6) is 0 Å². The minimum absolute atomic E-state index is 0.0429. The molecule has 1 amide bonds. The second-order valence-electron chi connectivity index (χ2n) is 11.3. The van der Waals surface area contributed by atoms with E-state index < -0.39 is 0 Å². The first-order valence-corrected chi connectivity index (χ1v) is 13.4. The number of carbonyl (C=O) groups is 1. The SMILES string of the molecule is C[C@H]1[C@H]2Cc3ccc(C(=O)NCCc4ccc(-c5cc[nH]c5)cc4)cc3[C@@]1(C)CCN2CC1CC1. The number of aromatic nitrogens is 1. The third-order valence-electron chi connectivity index (χ3n) is 9.16. The van der Waals surface area contributed by atoms with Crippen molar-refractivity contribution < 1.29 is 4.79 Å². The summed E-state index contributed by atoms with van der Waals surface area (Å²) in [6, 6.07) is 17.8. The van der Waals surface area contributed by atoms with E-state index in [2.05, 4.69) is 71.5 Å². The molecule has 0 radical (unpaired) electrons. The van der Waals surface area contributed by atoms with Gasteiger partial charge in [-0.25, -0.2) is 0 Å². The molecular formula is C31H37N3O. The number of hydrogen-bond acceptors (Lipinski definition) is 2. The second-order valence-corrected chi connectivity index (χ2v) is 11.3. The number of benzene rings is 2. The molecule has 2 N–H and O–H groups in total. The predicted octanol–water partition coefficient (Wildman–Crippen LogP) is 5.59. The zero-order valence-corrected chi connectivity index (χ0v) is 21.0. The average molecular weight is 468 g/mol. The molecule has 2 aromatic carbocycles. The Morgan fingerprint density at radius 1 is 1.11 bits per heavy atom. The van der Waals surface area contributed by atoms with Gasteiger partial charge in [0.25, 0.3) is 5.91 Å². The maximum absolute atomic E-state index is 13.0. The Kier molecular flexibility index (Phi) is 5.80. The van der Waals surface area contributed by atoms with E-state index in [1.165, 1.54) is 60.2 Å². The van der Waals surface area contributed by atoms with Gasteiger partial charge in [0.15, 0.2) is 0 Å². The van der Waals surface area contributed by atoms with Crippen LogP contribution < -0.4 is 5.32 Å². The monoisotopic (exact) mass is 467 g/mol. The molecule has 1 saturated carbocycles. The van der Waals surface area contributed by atoms with Gasteiger partial charge in [-0.3, -0.25) is 9.69 Å². The number of carbonyl (C=O) groups excluding carboxylic acids is 1. The molecule has 1 aromatic heterocycles. The van der Waals surface area contributed by atoms with E-state index in [0.717, 1.165) is 24.3 Å². The van der Waals surface area contributed by atoms with Crippen molar-refractivity contribution in [2.45, 2.75) is 57.4 Å². The number of nitrogens with one attached hydrogen (secondary N) is 2. The number of nitrogens with zero attached hydrogens (tertiary/aromatic N) is 1. The molecule has 2 heterocycles. The van der Waals surface area contributed by atoms with Crippen LogP contribution in [0.25, 0.3) is 11.1 Å². The molecule has 35 heavy (non-hydrogen) atoms. The van der Waals surface area contributed by atoms with Crippen molar-refractivity contribution in [3.63, 3.8) is 0 Å². The van der Waals surface area contributed by atoms with Crippen molar-refractivity contribution in [3.8, 4) is 11.1 Å². The number of piperidine rings is 1. The summed E-state index contributed by atoms with van der Waals surface area (Å²) in [5.41, 5.74) is 7.47. The van der Waals surface area contributed by atoms with E-state index in [1.807, 2.05) is 18.5 Å². The second kappa shape index (κ2) is 8.98. The van der Waals surface area contributed by atoms with Gasteiger partial charge in [-0.1, -0.05) is 44.2 Å². The Bertz CT molecular complexity index is 1190. The predicted molar refractivity (Wildman–Crippen MR) is 142 cm³/mol. The topological polar surface area (TPSA) is 48.1 Å². The van der Waals surface area contributed by atoms with E-state index in [-0.39, 0.29) is 11.3 Å². The van der Waals surface area contributed by atoms with Crippen LogP contribution in [0.3, 0.4) is 0 Å². The minimum Gasteiger partial charge on any atom is -0.367 e. The van der Waals surface area contributed by atoms with Crippen LogP contribution in [0.1, 0.15) is 60.2 Å². The number of amides is 1. The molecular weight excluding hydrogens is 430 g/mol. The molecule has 3 atom stereocenters. The molecule has 4 nitrogen and oxygen atoms in total. The van der Waals surface area contributed by atoms with Gasteiger partial charge in [0.2, 0.25) is 0 Å². The summed E-state index contributed by atoms with van der Waals surface area (Å²) in [7, 11) is 0. The van der Waals surface area contributed by atoms with Crippen LogP contribution in [0.2, 0.25) is 0 Å². The van der Waals surface area contributed by atoms with Gasteiger partial charge in [-0.15, -0.1) is 0 Å². The van der Waals surface area contributed by atoms with E-state index in [4.69, 9.17) is 0 Å². The highest BCUT2D eigenvalue weighted by Gasteiger charge is 2.49. The van der Waals surface area contributed by atoms with Crippen molar-refractivity contribution in [2.24, 2.45) is 11.8 Å². The van der Waals surface area contributed by atoms with Gasteiger partial charge in [0, 0.05) is 37.1 Å². The van der Waals surface area contributed by atoms with Crippen LogP contribution in [0, 0.1) is 11.8 Å². The molecule has 6 rings (SSSR count). The number of fused-ring (bicyclic) bond motifs is 4. The molecule has 2 aliphatic carbocycles. The lowest BCUT2D eigenvalue weighted by molar-refractivity contribution is 0.0284. The summed E-state index contributed by atoms with van der Waals surface area (Å²) in [5.74, 6) is 1.60. The molecule has 2 fully saturated rings. The maximum Gasteiger partial charge on any atom is 0.251 e. The average Bonchev–Trinajstić information content (AvgIpc) is 3.52. The first-order chi connectivity index (χ1) is 17.0. The molecule has 1 aliphatic heterocycles. The Balaban J connectivity index is 1.10. The number of aromatic amines is 1. The standard InChI is InChI=1S/C31H37N3O/c1-21-29-18-25-9-10-26(17-28(25)31(21,2)13-16-34(29)20-23-3-4-23)30(35)33-15-11-22-5-7-24(8-6-22)27-12-14-32-19-27/h5-10,12,14,17,19,21,23,29,32H,3-4,11,13,15-16,18,20H2,1-2H3,(H,33,35)/t21-,29+,31-/m0/s1. The summed E-state index contributed by atoms with van der Waals surface area (Å²) in [6.45, 7) is 8.01. The molecule has 3 aliphatic rings. The Morgan fingerprint density at radius 3 is 2.69 bits per heavy atom. The number of H-pyrrole nitrogens is 1.